The van der Waals surface area contributed by atoms with Gasteiger partial charge in [-0.15, -0.1) is 0 Å². The lowest BCUT2D eigenvalue weighted by Crippen LogP contribution is -2.01. The Morgan fingerprint density at radius 3 is 0.650 bits per heavy atom. The molecule has 3 atom stereocenters. The second-order valence-corrected chi connectivity index (χ2v) is 14.5. The predicted molar refractivity (Wildman–Crippen MR) is 187 cm³/mol. The topological polar surface area (TPSA) is 0 Å². The van der Waals surface area contributed by atoms with Crippen LogP contribution in [0.4, 0.5) is 0 Å². The lowest BCUT2D eigenvalue weighted by Gasteiger charge is -2.16. The minimum atomic E-state index is 0.944. The van der Waals surface area contributed by atoms with E-state index in [1.165, 1.54) is 205 Å². The smallest absolute Gasteiger partial charge is 0.0443 e. The average Bonchev–Trinajstić information content (AvgIpc) is 2.94. The van der Waals surface area contributed by atoms with Gasteiger partial charge in [-0.3, -0.25) is 0 Å². The van der Waals surface area contributed by atoms with Crippen LogP contribution in [0.1, 0.15) is 240 Å². The Morgan fingerprint density at radius 1 is 0.225 bits per heavy atom. The van der Waals surface area contributed by atoms with Crippen molar-refractivity contribution in [1.29, 1.82) is 0 Å². The fourth-order valence-electron chi connectivity index (χ4n) is 6.73. The Kier molecular flexibility index (Phi) is 33.5. The van der Waals surface area contributed by atoms with E-state index in [-0.39, 0.29) is 0 Å². The fraction of sp³-hybridized carbons (Fsp3) is 1.00. The summed E-state index contributed by atoms with van der Waals surface area (Å²) >= 11 is 0. The summed E-state index contributed by atoms with van der Waals surface area (Å²) in [5, 5.41) is 0. The van der Waals surface area contributed by atoms with Gasteiger partial charge in [0.05, 0.1) is 0 Å². The van der Waals surface area contributed by atoms with Crippen molar-refractivity contribution in [3.05, 3.63) is 0 Å². The summed E-state index contributed by atoms with van der Waals surface area (Å²) < 4.78 is 0. The number of rotatable bonds is 34. The van der Waals surface area contributed by atoms with Crippen molar-refractivity contribution < 1.29 is 0 Å². The Morgan fingerprint density at radius 2 is 0.400 bits per heavy atom. The second kappa shape index (κ2) is 33.5. The SMILES string of the molecule is CCCCCCCCCCCCCCCCCCCCCCC(C)CCCC(C)CCCC(C)CCCCCC. The highest BCUT2D eigenvalue weighted by Gasteiger charge is 2.08. The van der Waals surface area contributed by atoms with Crippen LogP contribution in [0.2, 0.25) is 0 Å². The van der Waals surface area contributed by atoms with Gasteiger partial charge >= 0.3 is 0 Å². The van der Waals surface area contributed by atoms with Crippen LogP contribution >= 0.6 is 0 Å². The zero-order chi connectivity index (χ0) is 29.4. The Bertz CT molecular complexity index is 439. The number of hydrogen-bond acceptors (Lipinski definition) is 0. The lowest BCUT2D eigenvalue weighted by atomic mass is 9.90. The van der Waals surface area contributed by atoms with Crippen molar-refractivity contribution >= 4 is 0 Å². The van der Waals surface area contributed by atoms with Gasteiger partial charge in [-0.2, -0.15) is 0 Å². The minimum Gasteiger partial charge on any atom is -0.0654 e. The molecule has 0 radical (unpaired) electrons. The first-order valence-corrected chi connectivity index (χ1v) is 19.6. The molecule has 0 amide bonds. The quantitative estimate of drug-likeness (QED) is 0.0684. The third kappa shape index (κ3) is 32.5. The molecule has 0 saturated heterocycles. The van der Waals surface area contributed by atoms with Gasteiger partial charge < -0.3 is 0 Å². The summed E-state index contributed by atoms with van der Waals surface area (Å²) in [6, 6.07) is 0. The Hall–Kier alpha value is 0. The van der Waals surface area contributed by atoms with Crippen LogP contribution in [-0.4, -0.2) is 0 Å². The van der Waals surface area contributed by atoms with Crippen LogP contribution in [0.3, 0.4) is 0 Å². The van der Waals surface area contributed by atoms with Crippen molar-refractivity contribution in [3.63, 3.8) is 0 Å². The maximum Gasteiger partial charge on any atom is -0.0443 e. The molecule has 3 unspecified atom stereocenters. The molecule has 0 heterocycles. The van der Waals surface area contributed by atoms with Gasteiger partial charge in [-0.25, -0.2) is 0 Å². The van der Waals surface area contributed by atoms with Gasteiger partial charge in [0.15, 0.2) is 0 Å². The third-order valence-electron chi connectivity index (χ3n) is 9.89. The van der Waals surface area contributed by atoms with E-state index in [0.717, 1.165) is 17.8 Å². The van der Waals surface area contributed by atoms with Gasteiger partial charge in [0.1, 0.15) is 0 Å². The predicted octanol–water partition coefficient (Wildman–Crippen LogP) is 15.4. The van der Waals surface area contributed by atoms with Crippen LogP contribution in [0.25, 0.3) is 0 Å². The van der Waals surface area contributed by atoms with E-state index in [2.05, 4.69) is 34.6 Å². The molecule has 0 N–H and O–H groups in total. The van der Waals surface area contributed by atoms with E-state index >= 15 is 0 Å². The van der Waals surface area contributed by atoms with Gasteiger partial charge in [-0.05, 0) is 17.8 Å². The summed E-state index contributed by atoms with van der Waals surface area (Å²) in [5.74, 6) is 2.85. The molecule has 0 bridgehead atoms. The lowest BCUT2D eigenvalue weighted by molar-refractivity contribution is 0.374. The highest BCUT2D eigenvalue weighted by molar-refractivity contribution is 4.61. The van der Waals surface area contributed by atoms with Gasteiger partial charge in [0.25, 0.3) is 0 Å². The molecule has 0 nitrogen and oxygen atoms in total. The standard InChI is InChI=1S/C40H82/c1-6-8-10-12-13-14-15-16-17-18-19-20-21-22-23-24-25-26-27-29-33-39(4)35-31-37-40(5)36-30-34-38(3)32-28-11-9-7-2/h38-40H,6-37H2,1-5H3. The molecule has 0 fully saturated rings. The van der Waals surface area contributed by atoms with Crippen LogP contribution in [0.15, 0.2) is 0 Å². The minimum absolute atomic E-state index is 0.944. The molecule has 0 aromatic carbocycles. The Balaban J connectivity index is 3.28. The Labute approximate surface area is 257 Å². The molecule has 0 aliphatic heterocycles. The molecule has 0 aromatic heterocycles. The molecule has 0 aliphatic rings. The molecule has 0 heteroatoms. The molecule has 0 rings (SSSR count). The highest BCUT2D eigenvalue weighted by Crippen LogP contribution is 2.23. The molecule has 0 aromatic rings. The van der Waals surface area contributed by atoms with E-state index < -0.39 is 0 Å². The highest BCUT2D eigenvalue weighted by atomic mass is 14.1. The summed E-state index contributed by atoms with van der Waals surface area (Å²) in [6.45, 7) is 12.1. The van der Waals surface area contributed by atoms with Crippen molar-refractivity contribution in [2.45, 2.75) is 240 Å². The molecular formula is C40H82. The molecular weight excluding hydrogens is 480 g/mol. The van der Waals surface area contributed by atoms with E-state index in [9.17, 15) is 0 Å². The average molecular weight is 563 g/mol. The van der Waals surface area contributed by atoms with Crippen molar-refractivity contribution in [3.8, 4) is 0 Å². The summed E-state index contributed by atoms with van der Waals surface area (Å²) in [7, 11) is 0. The van der Waals surface area contributed by atoms with Gasteiger partial charge in [0, 0.05) is 0 Å². The van der Waals surface area contributed by atoms with Gasteiger partial charge in [-0.1, -0.05) is 240 Å². The largest absolute Gasteiger partial charge is 0.0654 e. The maximum absolute atomic E-state index is 2.51. The monoisotopic (exact) mass is 563 g/mol. The number of unbranched alkanes of at least 4 members (excludes halogenated alkanes) is 22. The molecule has 40 heavy (non-hydrogen) atoms. The summed E-state index contributed by atoms with van der Waals surface area (Å²) in [4.78, 5) is 0. The first-order valence-electron chi connectivity index (χ1n) is 19.6. The van der Waals surface area contributed by atoms with E-state index in [1.807, 2.05) is 0 Å². The van der Waals surface area contributed by atoms with Crippen molar-refractivity contribution in [2.24, 2.45) is 17.8 Å². The normalized spacial score (nSPS) is 14.0. The van der Waals surface area contributed by atoms with Crippen LogP contribution < -0.4 is 0 Å². The van der Waals surface area contributed by atoms with Crippen LogP contribution in [0.5, 0.6) is 0 Å². The molecule has 0 spiro atoms. The summed E-state index contributed by atoms with van der Waals surface area (Å²) in [6.07, 6.45) is 47.0. The molecule has 242 valence electrons. The van der Waals surface area contributed by atoms with E-state index in [4.69, 9.17) is 0 Å². The van der Waals surface area contributed by atoms with Crippen LogP contribution in [-0.2, 0) is 0 Å². The maximum atomic E-state index is 2.51. The summed E-state index contributed by atoms with van der Waals surface area (Å²) in [5.41, 5.74) is 0. The van der Waals surface area contributed by atoms with Gasteiger partial charge in [0.2, 0.25) is 0 Å². The van der Waals surface area contributed by atoms with Crippen LogP contribution in [0, 0.1) is 17.8 Å². The second-order valence-electron chi connectivity index (χ2n) is 14.5. The first-order chi connectivity index (χ1) is 19.6. The number of hydrogen-bond donors (Lipinski definition) is 0. The van der Waals surface area contributed by atoms with Crippen molar-refractivity contribution in [2.75, 3.05) is 0 Å². The zero-order valence-corrected chi connectivity index (χ0v) is 29.4. The zero-order valence-electron chi connectivity index (χ0n) is 29.4. The third-order valence-corrected chi connectivity index (χ3v) is 9.89. The fourth-order valence-corrected chi connectivity index (χ4v) is 6.73. The van der Waals surface area contributed by atoms with Crippen molar-refractivity contribution in [1.82, 2.24) is 0 Å². The molecule has 0 saturated carbocycles. The van der Waals surface area contributed by atoms with E-state index in [1.54, 1.807) is 0 Å². The van der Waals surface area contributed by atoms with E-state index in [0.29, 0.717) is 0 Å². The molecule has 0 aliphatic carbocycles. The first kappa shape index (κ1) is 40.0.